The van der Waals surface area contributed by atoms with E-state index in [-0.39, 0.29) is 6.54 Å². The second-order valence-corrected chi connectivity index (χ2v) is 5.71. The lowest BCUT2D eigenvalue weighted by molar-refractivity contribution is -0.154. The van der Waals surface area contributed by atoms with Gasteiger partial charge in [0.25, 0.3) is 11.8 Å². The summed E-state index contributed by atoms with van der Waals surface area (Å²) in [6.07, 6.45) is 2.11. The predicted molar refractivity (Wildman–Crippen MR) is 88.3 cm³/mol. The lowest BCUT2D eigenvalue weighted by Crippen LogP contribution is -2.51. The molecule has 0 bridgehead atoms. The van der Waals surface area contributed by atoms with Gasteiger partial charge in [-0.25, -0.2) is 0 Å². The highest BCUT2D eigenvalue weighted by atomic mass is 16.5. The van der Waals surface area contributed by atoms with Crippen molar-refractivity contribution in [2.24, 2.45) is 5.73 Å². The number of ether oxygens (including phenoxy) is 1. The predicted octanol–water partition coefficient (Wildman–Crippen LogP) is -0.174. The molecule has 134 valence electrons. The Bertz CT molecular complexity index is 647. The van der Waals surface area contributed by atoms with Crippen LogP contribution in [0.5, 0.6) is 0 Å². The zero-order valence-electron chi connectivity index (χ0n) is 13.8. The molecule has 1 aliphatic rings. The van der Waals surface area contributed by atoms with Crippen molar-refractivity contribution < 1.29 is 23.9 Å². The SMILES string of the molecule is NC(=O)[C@@H]1CCCCN1C(=O)COC(=O)CNC(=O)c1ccccc1. The van der Waals surface area contributed by atoms with Gasteiger partial charge in [-0.2, -0.15) is 0 Å². The van der Waals surface area contributed by atoms with Gasteiger partial charge in [-0.3, -0.25) is 19.2 Å². The van der Waals surface area contributed by atoms with Crippen LogP contribution < -0.4 is 11.1 Å². The van der Waals surface area contributed by atoms with E-state index in [0.29, 0.717) is 18.5 Å². The summed E-state index contributed by atoms with van der Waals surface area (Å²) in [6, 6.07) is 7.77. The minimum atomic E-state index is -0.731. The number of carbonyl (C=O) groups is 4. The maximum absolute atomic E-state index is 12.1. The van der Waals surface area contributed by atoms with Crippen molar-refractivity contribution >= 4 is 23.7 Å². The molecule has 1 saturated heterocycles. The Hall–Kier alpha value is -2.90. The van der Waals surface area contributed by atoms with Gasteiger partial charge in [0.2, 0.25) is 5.91 Å². The monoisotopic (exact) mass is 347 g/mol. The van der Waals surface area contributed by atoms with Gasteiger partial charge in [-0.1, -0.05) is 18.2 Å². The summed E-state index contributed by atoms with van der Waals surface area (Å²) in [5.74, 6) is -2.17. The molecule has 0 radical (unpaired) electrons. The first kappa shape index (κ1) is 18.4. The molecule has 1 heterocycles. The minimum absolute atomic E-state index is 0.347. The molecule has 3 N–H and O–H groups in total. The van der Waals surface area contributed by atoms with E-state index in [1.165, 1.54) is 4.90 Å². The van der Waals surface area contributed by atoms with Crippen LogP contribution in [0.25, 0.3) is 0 Å². The van der Waals surface area contributed by atoms with Gasteiger partial charge in [0.15, 0.2) is 6.61 Å². The van der Waals surface area contributed by atoms with Gasteiger partial charge in [-0.05, 0) is 31.4 Å². The maximum Gasteiger partial charge on any atom is 0.325 e. The van der Waals surface area contributed by atoms with Gasteiger partial charge < -0.3 is 20.7 Å². The van der Waals surface area contributed by atoms with E-state index in [1.807, 2.05) is 0 Å². The molecule has 0 unspecified atom stereocenters. The van der Waals surface area contributed by atoms with E-state index in [1.54, 1.807) is 30.3 Å². The van der Waals surface area contributed by atoms with Crippen LogP contribution in [0, 0.1) is 0 Å². The Labute approximate surface area is 145 Å². The fraction of sp³-hybridized carbons (Fsp3) is 0.412. The van der Waals surface area contributed by atoms with E-state index in [2.05, 4.69) is 5.32 Å². The Morgan fingerprint density at radius 1 is 1.16 bits per heavy atom. The third-order valence-electron chi connectivity index (χ3n) is 3.94. The zero-order chi connectivity index (χ0) is 18.2. The van der Waals surface area contributed by atoms with E-state index < -0.39 is 36.3 Å². The molecule has 0 spiro atoms. The van der Waals surface area contributed by atoms with Crippen LogP contribution in [-0.4, -0.2) is 54.3 Å². The summed E-state index contributed by atoms with van der Waals surface area (Å²) in [7, 11) is 0. The standard InChI is InChI=1S/C17H21N3O5/c18-16(23)13-8-4-5-9-20(13)14(21)11-25-15(22)10-19-17(24)12-6-2-1-3-7-12/h1-3,6-7,13H,4-5,8-11H2,(H2,18,23)(H,19,24)/t13-/m0/s1. The first-order valence-electron chi connectivity index (χ1n) is 8.06. The number of piperidine rings is 1. The van der Waals surface area contributed by atoms with Crippen LogP contribution in [-0.2, 0) is 19.1 Å². The summed E-state index contributed by atoms with van der Waals surface area (Å²) in [4.78, 5) is 48.4. The quantitative estimate of drug-likeness (QED) is 0.692. The van der Waals surface area contributed by atoms with Crippen molar-refractivity contribution in [1.82, 2.24) is 10.2 Å². The molecule has 0 aromatic heterocycles. The molecule has 0 saturated carbocycles. The topological polar surface area (TPSA) is 119 Å². The molecule has 8 nitrogen and oxygen atoms in total. The van der Waals surface area contributed by atoms with E-state index >= 15 is 0 Å². The summed E-state index contributed by atoms with van der Waals surface area (Å²) in [5.41, 5.74) is 5.72. The third-order valence-corrected chi connectivity index (χ3v) is 3.94. The van der Waals surface area contributed by atoms with Crippen molar-refractivity contribution in [2.75, 3.05) is 19.7 Å². The molecule has 2 rings (SSSR count). The summed E-state index contributed by atoms with van der Waals surface area (Å²) >= 11 is 0. The van der Waals surface area contributed by atoms with Gasteiger partial charge in [0.1, 0.15) is 12.6 Å². The molecule has 3 amide bonds. The number of amides is 3. The van der Waals surface area contributed by atoms with Gasteiger partial charge in [-0.15, -0.1) is 0 Å². The lowest BCUT2D eigenvalue weighted by atomic mass is 10.0. The molecule has 1 aromatic carbocycles. The van der Waals surface area contributed by atoms with E-state index in [4.69, 9.17) is 10.5 Å². The number of rotatable bonds is 6. The molecule has 0 aliphatic carbocycles. The number of benzene rings is 1. The Balaban J connectivity index is 1.76. The number of nitrogens with zero attached hydrogens (tertiary/aromatic N) is 1. The molecule has 1 aliphatic heterocycles. The Kier molecular flexibility index (Phi) is 6.50. The molecule has 1 fully saturated rings. The summed E-state index contributed by atoms with van der Waals surface area (Å²) in [5, 5.41) is 2.42. The number of esters is 1. The van der Waals surface area contributed by atoms with Crippen LogP contribution in [0.3, 0.4) is 0 Å². The average Bonchev–Trinajstić information content (AvgIpc) is 2.64. The van der Waals surface area contributed by atoms with Crippen molar-refractivity contribution in [2.45, 2.75) is 25.3 Å². The Morgan fingerprint density at radius 3 is 2.56 bits per heavy atom. The van der Waals surface area contributed by atoms with E-state index in [0.717, 1.165) is 12.8 Å². The van der Waals surface area contributed by atoms with Crippen LogP contribution in [0.1, 0.15) is 29.6 Å². The van der Waals surface area contributed by atoms with Crippen LogP contribution in [0.4, 0.5) is 0 Å². The summed E-state index contributed by atoms with van der Waals surface area (Å²) in [6.45, 7) is -0.418. The van der Waals surface area contributed by atoms with Crippen molar-refractivity contribution in [3.05, 3.63) is 35.9 Å². The highest BCUT2D eigenvalue weighted by molar-refractivity contribution is 5.96. The number of nitrogens with two attached hydrogens (primary N) is 1. The number of likely N-dealkylation sites (tertiary alicyclic amines) is 1. The smallest absolute Gasteiger partial charge is 0.325 e. The largest absolute Gasteiger partial charge is 0.454 e. The van der Waals surface area contributed by atoms with Gasteiger partial charge in [0.05, 0.1) is 0 Å². The van der Waals surface area contributed by atoms with Gasteiger partial charge in [0, 0.05) is 12.1 Å². The molecule has 8 heteroatoms. The zero-order valence-corrected chi connectivity index (χ0v) is 13.8. The van der Waals surface area contributed by atoms with Crippen LogP contribution in [0.15, 0.2) is 30.3 Å². The van der Waals surface area contributed by atoms with Gasteiger partial charge >= 0.3 is 5.97 Å². The lowest BCUT2D eigenvalue weighted by Gasteiger charge is -2.33. The van der Waals surface area contributed by atoms with Crippen LogP contribution >= 0.6 is 0 Å². The fourth-order valence-electron chi connectivity index (χ4n) is 2.65. The molecule has 1 aromatic rings. The van der Waals surface area contributed by atoms with Crippen molar-refractivity contribution in [3.8, 4) is 0 Å². The number of nitrogens with one attached hydrogen (secondary N) is 1. The first-order valence-corrected chi connectivity index (χ1v) is 8.06. The normalized spacial score (nSPS) is 16.8. The molecule has 25 heavy (non-hydrogen) atoms. The maximum atomic E-state index is 12.1. The molecule has 1 atom stereocenters. The third kappa shape index (κ3) is 5.30. The van der Waals surface area contributed by atoms with Crippen molar-refractivity contribution in [3.63, 3.8) is 0 Å². The number of carbonyl (C=O) groups excluding carboxylic acids is 4. The highest BCUT2D eigenvalue weighted by Crippen LogP contribution is 2.16. The van der Waals surface area contributed by atoms with E-state index in [9.17, 15) is 19.2 Å². The summed E-state index contributed by atoms with van der Waals surface area (Å²) < 4.78 is 4.87. The van der Waals surface area contributed by atoms with Crippen LogP contribution in [0.2, 0.25) is 0 Å². The molecular weight excluding hydrogens is 326 g/mol. The van der Waals surface area contributed by atoms with Crippen molar-refractivity contribution in [1.29, 1.82) is 0 Å². The Morgan fingerprint density at radius 2 is 1.88 bits per heavy atom. The average molecular weight is 347 g/mol. The minimum Gasteiger partial charge on any atom is -0.454 e. The molecular formula is C17H21N3O5. The number of primary amides is 1. The second-order valence-electron chi connectivity index (χ2n) is 5.71. The number of hydrogen-bond donors (Lipinski definition) is 2. The number of hydrogen-bond acceptors (Lipinski definition) is 5. The first-order chi connectivity index (χ1) is 12.0. The second kappa shape index (κ2) is 8.81. The highest BCUT2D eigenvalue weighted by Gasteiger charge is 2.30. The fourth-order valence-corrected chi connectivity index (χ4v) is 2.65.